The maximum atomic E-state index is 6.00. The summed E-state index contributed by atoms with van der Waals surface area (Å²) in [4.78, 5) is 2.44. The highest BCUT2D eigenvalue weighted by Gasteiger charge is 2.22. The van der Waals surface area contributed by atoms with Gasteiger partial charge in [0.05, 0.1) is 0 Å². The smallest absolute Gasteiger partial charge is 0.0226 e. The van der Waals surface area contributed by atoms with Gasteiger partial charge in [0.25, 0.3) is 0 Å². The van der Waals surface area contributed by atoms with Crippen LogP contribution in [0.3, 0.4) is 0 Å². The van der Waals surface area contributed by atoms with Crippen molar-refractivity contribution in [1.82, 2.24) is 4.90 Å². The van der Waals surface area contributed by atoms with Crippen LogP contribution in [-0.4, -0.2) is 30.1 Å². The molecular formula is C11H24N2. The Hall–Kier alpha value is -0.0800. The molecule has 13 heavy (non-hydrogen) atoms. The molecular weight excluding hydrogens is 160 g/mol. The molecule has 1 rings (SSSR count). The summed E-state index contributed by atoms with van der Waals surface area (Å²) >= 11 is 0. The third-order valence-corrected chi connectivity index (χ3v) is 2.85. The summed E-state index contributed by atoms with van der Waals surface area (Å²) in [6.45, 7) is 5.22. The molecule has 2 N–H and O–H groups in total. The molecule has 0 saturated heterocycles. The van der Waals surface area contributed by atoms with Crippen LogP contribution in [0, 0.1) is 0 Å². The Morgan fingerprint density at radius 2 is 1.77 bits per heavy atom. The minimum absolute atomic E-state index is 0.0494. The van der Waals surface area contributed by atoms with Crippen molar-refractivity contribution in [3.05, 3.63) is 0 Å². The lowest BCUT2D eigenvalue weighted by atomic mass is 9.93. The van der Waals surface area contributed by atoms with E-state index < -0.39 is 0 Å². The largest absolute Gasteiger partial charge is 0.324 e. The average molecular weight is 184 g/mol. The molecule has 0 aromatic heterocycles. The Bertz CT molecular complexity index is 143. The van der Waals surface area contributed by atoms with Crippen molar-refractivity contribution in [3.8, 4) is 0 Å². The van der Waals surface area contributed by atoms with Crippen LogP contribution in [0.2, 0.25) is 0 Å². The number of nitrogens with zero attached hydrogens (tertiary/aromatic N) is 1. The first kappa shape index (κ1) is 11.0. The molecule has 0 heterocycles. The fourth-order valence-electron chi connectivity index (χ4n) is 2.29. The van der Waals surface area contributed by atoms with E-state index in [0.29, 0.717) is 0 Å². The van der Waals surface area contributed by atoms with Crippen LogP contribution >= 0.6 is 0 Å². The second-order valence-electron chi connectivity index (χ2n) is 5.20. The Morgan fingerprint density at radius 1 is 1.23 bits per heavy atom. The molecule has 0 unspecified atom stereocenters. The van der Waals surface area contributed by atoms with Gasteiger partial charge in [0.1, 0.15) is 0 Å². The summed E-state index contributed by atoms with van der Waals surface area (Å²) in [6, 6.07) is 0.788. The molecule has 1 aliphatic rings. The Morgan fingerprint density at radius 3 is 2.23 bits per heavy atom. The highest BCUT2D eigenvalue weighted by Crippen LogP contribution is 2.22. The van der Waals surface area contributed by atoms with Gasteiger partial charge in [-0.25, -0.2) is 0 Å². The SMILES string of the molecule is CN(CC(C)(C)N)C1CCCCC1. The van der Waals surface area contributed by atoms with E-state index in [-0.39, 0.29) is 5.54 Å². The van der Waals surface area contributed by atoms with Gasteiger partial charge in [0.2, 0.25) is 0 Å². The second-order valence-corrected chi connectivity index (χ2v) is 5.20. The molecule has 0 aromatic rings. The van der Waals surface area contributed by atoms with Gasteiger partial charge in [-0.05, 0) is 33.7 Å². The van der Waals surface area contributed by atoms with E-state index in [2.05, 4.69) is 25.8 Å². The standard InChI is InChI=1S/C11H24N2/c1-11(2,12)9-13(3)10-7-5-4-6-8-10/h10H,4-9,12H2,1-3H3. The lowest BCUT2D eigenvalue weighted by molar-refractivity contribution is 0.163. The van der Waals surface area contributed by atoms with Gasteiger partial charge in [-0.3, -0.25) is 0 Å². The molecule has 0 aromatic carbocycles. The molecule has 0 spiro atoms. The highest BCUT2D eigenvalue weighted by molar-refractivity contribution is 4.81. The molecule has 78 valence electrons. The summed E-state index contributed by atoms with van der Waals surface area (Å²) < 4.78 is 0. The van der Waals surface area contributed by atoms with E-state index in [0.717, 1.165) is 12.6 Å². The van der Waals surface area contributed by atoms with Crippen molar-refractivity contribution >= 4 is 0 Å². The Balaban J connectivity index is 2.33. The van der Waals surface area contributed by atoms with E-state index in [1.807, 2.05) is 0 Å². The lowest BCUT2D eigenvalue weighted by Crippen LogP contribution is -2.47. The fourth-order valence-corrected chi connectivity index (χ4v) is 2.29. The molecule has 1 fully saturated rings. The van der Waals surface area contributed by atoms with Crippen LogP contribution in [0.25, 0.3) is 0 Å². The first-order chi connectivity index (χ1) is 5.99. The maximum Gasteiger partial charge on any atom is 0.0226 e. The summed E-state index contributed by atoms with van der Waals surface area (Å²) in [5.74, 6) is 0. The van der Waals surface area contributed by atoms with Gasteiger partial charge in [-0.2, -0.15) is 0 Å². The summed E-state index contributed by atoms with van der Waals surface area (Å²) in [6.07, 6.45) is 6.97. The molecule has 2 heteroatoms. The van der Waals surface area contributed by atoms with Gasteiger partial charge >= 0.3 is 0 Å². The van der Waals surface area contributed by atoms with Gasteiger partial charge < -0.3 is 10.6 Å². The van der Waals surface area contributed by atoms with Crippen molar-refractivity contribution in [2.24, 2.45) is 5.73 Å². The zero-order valence-electron chi connectivity index (χ0n) is 9.34. The van der Waals surface area contributed by atoms with Crippen molar-refractivity contribution in [3.63, 3.8) is 0 Å². The van der Waals surface area contributed by atoms with Gasteiger partial charge in [0, 0.05) is 18.1 Å². The van der Waals surface area contributed by atoms with Gasteiger partial charge in [0.15, 0.2) is 0 Å². The number of rotatable bonds is 3. The van der Waals surface area contributed by atoms with E-state index in [1.165, 1.54) is 32.1 Å². The molecule has 1 saturated carbocycles. The monoisotopic (exact) mass is 184 g/mol. The van der Waals surface area contributed by atoms with Crippen LogP contribution in [0.15, 0.2) is 0 Å². The molecule has 1 aliphatic carbocycles. The van der Waals surface area contributed by atoms with Gasteiger partial charge in [-0.1, -0.05) is 19.3 Å². The summed E-state index contributed by atoms with van der Waals surface area (Å²) in [5, 5.41) is 0. The first-order valence-corrected chi connectivity index (χ1v) is 5.48. The first-order valence-electron chi connectivity index (χ1n) is 5.48. The quantitative estimate of drug-likeness (QED) is 0.727. The zero-order chi connectivity index (χ0) is 9.90. The maximum absolute atomic E-state index is 6.00. The number of nitrogens with two attached hydrogens (primary N) is 1. The normalized spacial score (nSPS) is 21.0. The second kappa shape index (κ2) is 4.43. The molecule has 0 atom stereocenters. The number of likely N-dealkylation sites (N-methyl/N-ethyl adjacent to an activating group) is 1. The molecule has 2 nitrogen and oxygen atoms in total. The van der Waals surface area contributed by atoms with Gasteiger partial charge in [-0.15, -0.1) is 0 Å². The predicted molar refractivity (Wildman–Crippen MR) is 57.8 cm³/mol. The lowest BCUT2D eigenvalue weighted by Gasteiger charge is -2.35. The predicted octanol–water partition coefficient (Wildman–Crippen LogP) is 1.99. The van der Waals surface area contributed by atoms with E-state index in [1.54, 1.807) is 0 Å². The average Bonchev–Trinajstić information content (AvgIpc) is 2.03. The highest BCUT2D eigenvalue weighted by atomic mass is 15.1. The van der Waals surface area contributed by atoms with Crippen LogP contribution in [0.4, 0.5) is 0 Å². The van der Waals surface area contributed by atoms with Crippen LogP contribution in [0.1, 0.15) is 46.0 Å². The van der Waals surface area contributed by atoms with E-state index in [9.17, 15) is 0 Å². The van der Waals surface area contributed by atoms with Crippen LogP contribution < -0.4 is 5.73 Å². The van der Waals surface area contributed by atoms with Crippen molar-refractivity contribution in [2.75, 3.05) is 13.6 Å². The Labute approximate surface area is 82.5 Å². The van der Waals surface area contributed by atoms with Crippen LogP contribution in [0.5, 0.6) is 0 Å². The third kappa shape index (κ3) is 4.10. The fraction of sp³-hybridized carbons (Fsp3) is 1.00. The molecule has 0 amide bonds. The van der Waals surface area contributed by atoms with Crippen molar-refractivity contribution in [1.29, 1.82) is 0 Å². The number of hydrogen-bond donors (Lipinski definition) is 1. The minimum atomic E-state index is -0.0494. The van der Waals surface area contributed by atoms with Crippen LogP contribution in [-0.2, 0) is 0 Å². The van der Waals surface area contributed by atoms with E-state index >= 15 is 0 Å². The molecule has 0 bridgehead atoms. The van der Waals surface area contributed by atoms with Crippen molar-refractivity contribution in [2.45, 2.75) is 57.5 Å². The topological polar surface area (TPSA) is 29.3 Å². The summed E-state index contributed by atoms with van der Waals surface area (Å²) in [5.41, 5.74) is 5.95. The number of hydrogen-bond acceptors (Lipinski definition) is 2. The zero-order valence-corrected chi connectivity index (χ0v) is 9.34. The van der Waals surface area contributed by atoms with Crippen molar-refractivity contribution < 1.29 is 0 Å². The minimum Gasteiger partial charge on any atom is -0.324 e. The molecule has 0 aliphatic heterocycles. The Kier molecular flexibility index (Phi) is 3.74. The molecule has 0 radical (unpaired) electrons. The third-order valence-electron chi connectivity index (χ3n) is 2.85. The van der Waals surface area contributed by atoms with E-state index in [4.69, 9.17) is 5.73 Å². The summed E-state index contributed by atoms with van der Waals surface area (Å²) in [7, 11) is 2.21.